The molecule has 1 aliphatic carbocycles. The van der Waals surface area contributed by atoms with Crippen LogP contribution >= 0.6 is 15.9 Å². The fourth-order valence-electron chi connectivity index (χ4n) is 3.85. The molecule has 2 heterocycles. The van der Waals surface area contributed by atoms with Crippen LogP contribution in [0.3, 0.4) is 0 Å². The first kappa shape index (κ1) is 14.2. The van der Waals surface area contributed by atoms with Crippen LogP contribution in [-0.2, 0) is 0 Å². The van der Waals surface area contributed by atoms with Gasteiger partial charge in [-0.05, 0) is 61.0 Å². The van der Waals surface area contributed by atoms with Crippen LogP contribution in [0.25, 0.3) is 0 Å². The van der Waals surface area contributed by atoms with Crippen molar-refractivity contribution in [3.05, 3.63) is 22.4 Å². The average Bonchev–Trinajstić information content (AvgIpc) is 3.01. The van der Waals surface area contributed by atoms with Crippen molar-refractivity contribution in [2.75, 3.05) is 6.54 Å². The Balaban J connectivity index is 1.85. The Morgan fingerprint density at radius 1 is 1.30 bits per heavy atom. The maximum atomic E-state index is 12.9. The van der Waals surface area contributed by atoms with Gasteiger partial charge in [0.2, 0.25) is 0 Å². The van der Waals surface area contributed by atoms with Crippen molar-refractivity contribution in [2.24, 2.45) is 5.92 Å². The molecule has 1 saturated heterocycles. The van der Waals surface area contributed by atoms with Crippen LogP contribution in [0, 0.1) is 5.92 Å². The van der Waals surface area contributed by atoms with Crippen LogP contribution in [0.5, 0.6) is 0 Å². The van der Waals surface area contributed by atoms with E-state index in [-0.39, 0.29) is 5.91 Å². The largest absolute Gasteiger partial charge is 0.340 e. The number of hydrogen-bond acceptors (Lipinski definition) is 1. The first-order valence-corrected chi connectivity index (χ1v) is 8.55. The summed E-state index contributed by atoms with van der Waals surface area (Å²) in [5, 5.41) is 0. The topological polar surface area (TPSA) is 25.2 Å². The van der Waals surface area contributed by atoms with Gasteiger partial charge in [0.05, 0.1) is 0 Å². The number of likely N-dealkylation sites (tertiary alicyclic amines) is 1. The maximum Gasteiger partial charge on any atom is 0.270 e. The fraction of sp³-hybridized carbons (Fsp3) is 0.688. The van der Waals surface area contributed by atoms with E-state index in [1.165, 1.54) is 32.1 Å². The van der Waals surface area contributed by atoms with E-state index in [4.69, 9.17) is 0 Å². The molecule has 0 aromatic carbocycles. The van der Waals surface area contributed by atoms with Crippen LogP contribution in [0.4, 0.5) is 0 Å². The number of fused-ring (bicyclic) bond motifs is 1. The lowest BCUT2D eigenvalue weighted by Gasteiger charge is -2.32. The van der Waals surface area contributed by atoms with Crippen LogP contribution in [-0.4, -0.2) is 28.0 Å². The number of rotatable bonds is 2. The van der Waals surface area contributed by atoms with Gasteiger partial charge >= 0.3 is 0 Å². The molecule has 20 heavy (non-hydrogen) atoms. The number of aromatic nitrogens is 1. The van der Waals surface area contributed by atoms with E-state index in [1.54, 1.807) is 0 Å². The molecule has 2 atom stereocenters. The number of nitrogens with zero attached hydrogens (tertiary/aromatic N) is 2. The molecule has 2 fully saturated rings. The Labute approximate surface area is 129 Å². The minimum atomic E-state index is 0.221. The third-order valence-electron chi connectivity index (χ3n) is 4.86. The highest BCUT2D eigenvalue weighted by atomic mass is 79.9. The van der Waals surface area contributed by atoms with Gasteiger partial charge in [0.25, 0.3) is 5.91 Å². The Hall–Kier alpha value is -0.770. The summed E-state index contributed by atoms with van der Waals surface area (Å²) in [6.45, 7) is 5.18. The predicted molar refractivity (Wildman–Crippen MR) is 83.9 cm³/mol. The first-order chi connectivity index (χ1) is 9.58. The molecule has 0 N–H and O–H groups in total. The summed E-state index contributed by atoms with van der Waals surface area (Å²) in [5.41, 5.74) is 0.832. The Morgan fingerprint density at radius 3 is 2.80 bits per heavy atom. The minimum absolute atomic E-state index is 0.221. The van der Waals surface area contributed by atoms with Gasteiger partial charge in [0.15, 0.2) is 0 Å². The second-order valence-corrected chi connectivity index (χ2v) is 7.36. The lowest BCUT2D eigenvalue weighted by atomic mass is 9.85. The summed E-state index contributed by atoms with van der Waals surface area (Å²) in [6.07, 6.45) is 8.34. The quantitative estimate of drug-likeness (QED) is 0.791. The van der Waals surface area contributed by atoms with Crippen molar-refractivity contribution in [2.45, 2.75) is 58.0 Å². The van der Waals surface area contributed by atoms with Gasteiger partial charge < -0.3 is 9.47 Å². The standard InChI is InChI=1S/C16H23BrN2O/c1-11(2)19-10-13(17)9-15(19)16(20)18-8-7-12-5-3-4-6-14(12)18/h9-12,14H,3-8H2,1-2H3. The monoisotopic (exact) mass is 338 g/mol. The van der Waals surface area contributed by atoms with Crippen LogP contribution < -0.4 is 0 Å². The van der Waals surface area contributed by atoms with Gasteiger partial charge in [-0.3, -0.25) is 4.79 Å². The summed E-state index contributed by atoms with van der Waals surface area (Å²) in [4.78, 5) is 15.1. The van der Waals surface area contributed by atoms with Gasteiger partial charge in [0.1, 0.15) is 5.69 Å². The Kier molecular flexibility index (Phi) is 3.93. The van der Waals surface area contributed by atoms with E-state index in [0.29, 0.717) is 12.1 Å². The van der Waals surface area contributed by atoms with Gasteiger partial charge in [-0.1, -0.05) is 12.8 Å². The average molecular weight is 339 g/mol. The maximum absolute atomic E-state index is 12.9. The summed E-state index contributed by atoms with van der Waals surface area (Å²) >= 11 is 3.51. The normalized spacial score (nSPS) is 26.1. The zero-order chi connectivity index (χ0) is 14.3. The van der Waals surface area contributed by atoms with Crippen molar-refractivity contribution in [3.63, 3.8) is 0 Å². The molecule has 1 aromatic rings. The zero-order valence-corrected chi connectivity index (χ0v) is 13.9. The number of amides is 1. The van der Waals surface area contributed by atoms with Crippen LogP contribution in [0.1, 0.15) is 62.5 Å². The summed E-state index contributed by atoms with van der Waals surface area (Å²) < 4.78 is 3.08. The molecule has 0 spiro atoms. The van der Waals surface area contributed by atoms with Gasteiger partial charge in [0, 0.05) is 29.3 Å². The van der Waals surface area contributed by atoms with Gasteiger partial charge in [-0.15, -0.1) is 0 Å². The summed E-state index contributed by atoms with van der Waals surface area (Å²) in [6, 6.07) is 2.77. The SMILES string of the molecule is CC(C)n1cc(Br)cc1C(=O)N1CCC2CCCCC21. The van der Waals surface area contributed by atoms with E-state index in [2.05, 4.69) is 39.2 Å². The third kappa shape index (κ3) is 2.43. The number of carbonyl (C=O) groups excluding carboxylic acids is 1. The molecular formula is C16H23BrN2O. The number of carbonyl (C=O) groups is 1. The highest BCUT2D eigenvalue weighted by Crippen LogP contribution is 2.37. The third-order valence-corrected chi connectivity index (χ3v) is 5.30. The van der Waals surface area contributed by atoms with E-state index in [0.717, 1.165) is 22.6 Å². The first-order valence-electron chi connectivity index (χ1n) is 7.76. The highest BCUT2D eigenvalue weighted by molar-refractivity contribution is 9.10. The molecule has 1 saturated carbocycles. The van der Waals surface area contributed by atoms with E-state index in [1.807, 2.05) is 12.3 Å². The molecule has 1 aliphatic heterocycles. The Morgan fingerprint density at radius 2 is 2.05 bits per heavy atom. The molecule has 0 bridgehead atoms. The van der Waals surface area contributed by atoms with E-state index >= 15 is 0 Å². The second kappa shape index (κ2) is 5.55. The molecule has 110 valence electrons. The number of halogens is 1. The molecule has 2 unspecified atom stereocenters. The highest BCUT2D eigenvalue weighted by Gasteiger charge is 2.39. The predicted octanol–water partition coefficient (Wildman–Crippen LogP) is 4.24. The second-order valence-electron chi connectivity index (χ2n) is 6.44. The minimum Gasteiger partial charge on any atom is -0.340 e. The van der Waals surface area contributed by atoms with Gasteiger partial charge in [-0.25, -0.2) is 0 Å². The van der Waals surface area contributed by atoms with Crippen molar-refractivity contribution < 1.29 is 4.79 Å². The molecule has 3 rings (SSSR count). The van der Waals surface area contributed by atoms with Crippen LogP contribution in [0.2, 0.25) is 0 Å². The van der Waals surface area contributed by atoms with Crippen LogP contribution in [0.15, 0.2) is 16.7 Å². The zero-order valence-electron chi connectivity index (χ0n) is 12.3. The van der Waals surface area contributed by atoms with Crippen molar-refractivity contribution in [1.82, 2.24) is 9.47 Å². The molecule has 1 aromatic heterocycles. The lowest BCUT2D eigenvalue weighted by Crippen LogP contribution is -2.40. The molecule has 0 radical (unpaired) electrons. The molecular weight excluding hydrogens is 316 g/mol. The van der Waals surface area contributed by atoms with Crippen molar-refractivity contribution >= 4 is 21.8 Å². The summed E-state index contributed by atoms with van der Waals surface area (Å²) in [7, 11) is 0. The smallest absolute Gasteiger partial charge is 0.270 e. The summed E-state index contributed by atoms with van der Waals surface area (Å²) in [5.74, 6) is 0.970. The van der Waals surface area contributed by atoms with Crippen molar-refractivity contribution in [3.8, 4) is 0 Å². The lowest BCUT2D eigenvalue weighted by molar-refractivity contribution is 0.0677. The van der Waals surface area contributed by atoms with E-state index in [9.17, 15) is 4.79 Å². The number of hydrogen-bond donors (Lipinski definition) is 0. The molecule has 3 nitrogen and oxygen atoms in total. The fourth-order valence-corrected chi connectivity index (χ4v) is 4.29. The van der Waals surface area contributed by atoms with Crippen molar-refractivity contribution in [1.29, 1.82) is 0 Å². The molecule has 1 amide bonds. The molecule has 2 aliphatic rings. The van der Waals surface area contributed by atoms with Gasteiger partial charge in [-0.2, -0.15) is 0 Å². The van der Waals surface area contributed by atoms with E-state index < -0.39 is 0 Å². The Bertz CT molecular complexity index is 509. The molecule has 4 heteroatoms.